The lowest BCUT2D eigenvalue weighted by Crippen LogP contribution is -2.37. The molecule has 3 N–H and O–H groups in total. The molecule has 0 radical (unpaired) electrons. The first-order chi connectivity index (χ1) is 9.09. The normalized spacial score (nSPS) is 18.9. The minimum absolute atomic E-state index is 0.0893. The maximum Gasteiger partial charge on any atom is 0.337 e. The fourth-order valence-corrected chi connectivity index (χ4v) is 2.60. The Morgan fingerprint density at radius 3 is 2.84 bits per heavy atom. The molecule has 0 unspecified atom stereocenters. The molecule has 6 heteroatoms. The molecule has 1 saturated heterocycles. The van der Waals surface area contributed by atoms with Crippen LogP contribution in [0.1, 0.15) is 23.2 Å². The molecule has 19 heavy (non-hydrogen) atoms. The summed E-state index contributed by atoms with van der Waals surface area (Å²) in [6.07, 6.45) is 1.78. The summed E-state index contributed by atoms with van der Waals surface area (Å²) in [5, 5.41) is 15.0. The number of benzene rings is 1. The van der Waals surface area contributed by atoms with Crippen molar-refractivity contribution in [3.05, 3.63) is 28.2 Å². The SMILES string of the molecule is O=C(O)c1cccc(Br)c1NC(=O)[C@@H]1CCCNC1. The Kier molecular flexibility index (Phi) is 4.55. The topological polar surface area (TPSA) is 78.4 Å². The highest BCUT2D eigenvalue weighted by atomic mass is 79.9. The monoisotopic (exact) mass is 326 g/mol. The summed E-state index contributed by atoms with van der Waals surface area (Å²) in [4.78, 5) is 23.3. The third-order valence-electron chi connectivity index (χ3n) is 3.16. The third kappa shape index (κ3) is 3.33. The lowest BCUT2D eigenvalue weighted by Gasteiger charge is -2.22. The average Bonchev–Trinajstić information content (AvgIpc) is 2.41. The number of carboxylic acid groups (broad SMARTS) is 1. The van der Waals surface area contributed by atoms with Crippen LogP contribution in [0.25, 0.3) is 0 Å². The van der Waals surface area contributed by atoms with E-state index in [9.17, 15) is 9.59 Å². The van der Waals surface area contributed by atoms with Gasteiger partial charge in [0.1, 0.15) is 0 Å². The summed E-state index contributed by atoms with van der Waals surface area (Å²) in [7, 11) is 0. The summed E-state index contributed by atoms with van der Waals surface area (Å²) in [5.74, 6) is -1.30. The number of hydrogen-bond acceptors (Lipinski definition) is 3. The lowest BCUT2D eigenvalue weighted by atomic mass is 9.98. The number of anilines is 1. The van der Waals surface area contributed by atoms with Crippen molar-refractivity contribution in [1.82, 2.24) is 5.32 Å². The number of hydrogen-bond donors (Lipinski definition) is 3. The molecule has 1 atom stereocenters. The number of rotatable bonds is 3. The fourth-order valence-electron chi connectivity index (χ4n) is 2.13. The number of amides is 1. The fraction of sp³-hybridized carbons (Fsp3) is 0.385. The molecular weight excluding hydrogens is 312 g/mol. The van der Waals surface area contributed by atoms with Gasteiger partial charge in [-0.1, -0.05) is 6.07 Å². The van der Waals surface area contributed by atoms with Gasteiger partial charge in [0.25, 0.3) is 0 Å². The molecule has 1 heterocycles. The Labute approximate surface area is 119 Å². The molecule has 1 aliphatic heterocycles. The van der Waals surface area contributed by atoms with Gasteiger partial charge in [-0.15, -0.1) is 0 Å². The van der Waals surface area contributed by atoms with Gasteiger partial charge >= 0.3 is 5.97 Å². The van der Waals surface area contributed by atoms with E-state index in [0.29, 0.717) is 16.7 Å². The molecule has 1 aromatic rings. The molecule has 0 saturated carbocycles. The number of piperidine rings is 1. The molecule has 0 aliphatic carbocycles. The molecule has 1 amide bonds. The van der Waals surface area contributed by atoms with Crippen molar-refractivity contribution in [3.63, 3.8) is 0 Å². The van der Waals surface area contributed by atoms with Crippen LogP contribution < -0.4 is 10.6 Å². The van der Waals surface area contributed by atoms with Crippen LogP contribution in [0, 0.1) is 5.92 Å². The highest BCUT2D eigenvalue weighted by Gasteiger charge is 2.23. The van der Waals surface area contributed by atoms with Crippen molar-refractivity contribution in [2.75, 3.05) is 18.4 Å². The first-order valence-electron chi connectivity index (χ1n) is 6.13. The molecule has 0 spiro atoms. The van der Waals surface area contributed by atoms with Gasteiger partial charge in [0, 0.05) is 11.0 Å². The molecule has 1 fully saturated rings. The minimum Gasteiger partial charge on any atom is -0.478 e. The highest BCUT2D eigenvalue weighted by molar-refractivity contribution is 9.10. The molecule has 5 nitrogen and oxygen atoms in total. The van der Waals surface area contributed by atoms with Crippen molar-refractivity contribution in [2.45, 2.75) is 12.8 Å². The van der Waals surface area contributed by atoms with Gasteiger partial charge < -0.3 is 15.7 Å². The molecule has 102 valence electrons. The molecule has 0 aromatic heterocycles. The van der Waals surface area contributed by atoms with Crippen molar-refractivity contribution in [1.29, 1.82) is 0 Å². The van der Waals surface area contributed by atoms with E-state index in [4.69, 9.17) is 5.11 Å². The second-order valence-corrected chi connectivity index (χ2v) is 5.35. The first kappa shape index (κ1) is 14.0. The number of aromatic carboxylic acids is 1. The Hall–Kier alpha value is -1.40. The van der Waals surface area contributed by atoms with Gasteiger partial charge in [-0.25, -0.2) is 4.79 Å². The smallest absolute Gasteiger partial charge is 0.337 e. The Morgan fingerprint density at radius 1 is 1.42 bits per heavy atom. The molecule has 0 bridgehead atoms. The largest absolute Gasteiger partial charge is 0.478 e. The number of carbonyl (C=O) groups is 2. The van der Waals surface area contributed by atoms with Gasteiger partial charge in [-0.2, -0.15) is 0 Å². The lowest BCUT2D eigenvalue weighted by molar-refractivity contribution is -0.120. The third-order valence-corrected chi connectivity index (χ3v) is 3.82. The second-order valence-electron chi connectivity index (χ2n) is 4.50. The van der Waals surface area contributed by atoms with E-state index in [2.05, 4.69) is 26.6 Å². The Bertz CT molecular complexity index is 499. The van der Waals surface area contributed by atoms with Gasteiger partial charge in [0.15, 0.2) is 0 Å². The standard InChI is InChI=1S/C13H15BrN2O3/c14-10-5-1-4-9(13(18)19)11(10)16-12(17)8-3-2-6-15-7-8/h1,4-5,8,15H,2-3,6-7H2,(H,16,17)(H,18,19)/t8-/m1/s1. The van der Waals surface area contributed by atoms with Gasteiger partial charge in [-0.3, -0.25) is 4.79 Å². The predicted molar refractivity (Wildman–Crippen MR) is 75.3 cm³/mol. The van der Waals surface area contributed by atoms with E-state index in [1.807, 2.05) is 0 Å². The van der Waals surface area contributed by atoms with Crippen molar-refractivity contribution in [2.24, 2.45) is 5.92 Å². The van der Waals surface area contributed by atoms with Crippen LogP contribution in [-0.2, 0) is 4.79 Å². The maximum absolute atomic E-state index is 12.1. The maximum atomic E-state index is 12.1. The summed E-state index contributed by atoms with van der Waals surface area (Å²) < 4.78 is 0.574. The van der Waals surface area contributed by atoms with Crippen LogP contribution in [-0.4, -0.2) is 30.1 Å². The minimum atomic E-state index is -1.06. The summed E-state index contributed by atoms with van der Waals surface area (Å²) >= 11 is 3.27. The zero-order valence-corrected chi connectivity index (χ0v) is 11.9. The molecule has 1 aromatic carbocycles. The Morgan fingerprint density at radius 2 is 2.21 bits per heavy atom. The van der Waals surface area contributed by atoms with E-state index in [1.54, 1.807) is 12.1 Å². The van der Waals surface area contributed by atoms with E-state index >= 15 is 0 Å². The summed E-state index contributed by atoms with van der Waals surface area (Å²) in [5.41, 5.74) is 0.414. The van der Waals surface area contributed by atoms with Crippen LogP contribution >= 0.6 is 15.9 Å². The molecule has 2 rings (SSSR count). The number of halogens is 1. The van der Waals surface area contributed by atoms with Gasteiger partial charge in [-0.05, 0) is 47.4 Å². The highest BCUT2D eigenvalue weighted by Crippen LogP contribution is 2.27. The average molecular weight is 327 g/mol. The second kappa shape index (κ2) is 6.16. The summed E-state index contributed by atoms with van der Waals surface area (Å²) in [6.45, 7) is 1.57. The summed E-state index contributed by atoms with van der Waals surface area (Å²) in [6, 6.07) is 4.81. The van der Waals surface area contributed by atoms with Crippen molar-refractivity contribution >= 4 is 33.5 Å². The zero-order valence-electron chi connectivity index (χ0n) is 10.3. The van der Waals surface area contributed by atoms with Crippen molar-refractivity contribution < 1.29 is 14.7 Å². The number of carbonyl (C=O) groups excluding carboxylic acids is 1. The molecular formula is C13H15BrN2O3. The van der Waals surface area contributed by atoms with Crippen LogP contribution in [0.15, 0.2) is 22.7 Å². The Balaban J connectivity index is 2.18. The van der Waals surface area contributed by atoms with Crippen LogP contribution in [0.3, 0.4) is 0 Å². The molecule has 1 aliphatic rings. The van der Waals surface area contributed by atoms with E-state index in [0.717, 1.165) is 19.4 Å². The van der Waals surface area contributed by atoms with E-state index in [-0.39, 0.29) is 17.4 Å². The predicted octanol–water partition coefficient (Wildman–Crippen LogP) is 2.09. The van der Waals surface area contributed by atoms with Gasteiger partial charge in [0.2, 0.25) is 5.91 Å². The van der Waals surface area contributed by atoms with E-state index < -0.39 is 5.97 Å². The number of carboxylic acids is 1. The van der Waals surface area contributed by atoms with Crippen molar-refractivity contribution in [3.8, 4) is 0 Å². The van der Waals surface area contributed by atoms with E-state index in [1.165, 1.54) is 6.07 Å². The number of nitrogens with one attached hydrogen (secondary N) is 2. The van der Waals surface area contributed by atoms with Crippen LogP contribution in [0.2, 0.25) is 0 Å². The van der Waals surface area contributed by atoms with Gasteiger partial charge in [0.05, 0.1) is 17.2 Å². The van der Waals surface area contributed by atoms with Crippen LogP contribution in [0.5, 0.6) is 0 Å². The zero-order chi connectivity index (χ0) is 13.8. The first-order valence-corrected chi connectivity index (χ1v) is 6.92. The number of para-hydroxylation sites is 1. The quantitative estimate of drug-likeness (QED) is 0.794. The van der Waals surface area contributed by atoms with Crippen LogP contribution in [0.4, 0.5) is 5.69 Å².